The Bertz CT molecular complexity index is 1160. The van der Waals surface area contributed by atoms with Crippen molar-refractivity contribution >= 4 is 11.7 Å². The second kappa shape index (κ2) is 10.3. The van der Waals surface area contributed by atoms with Gasteiger partial charge in [0.2, 0.25) is 0 Å². The number of carbonyl (C=O) groups excluding carboxylic acids is 1. The van der Waals surface area contributed by atoms with Gasteiger partial charge in [-0.25, -0.2) is 4.79 Å². The Morgan fingerprint density at radius 1 is 1.14 bits per heavy atom. The number of nitrogens with zero attached hydrogens (tertiary/aromatic N) is 4. The molecule has 0 saturated carbocycles. The molecule has 9 heteroatoms. The summed E-state index contributed by atoms with van der Waals surface area (Å²) in [6.07, 6.45) is 4.47. The Labute approximate surface area is 210 Å². The van der Waals surface area contributed by atoms with Crippen LogP contribution in [0.2, 0.25) is 0 Å². The summed E-state index contributed by atoms with van der Waals surface area (Å²) in [6, 6.07) is 15.9. The molecule has 3 N–H and O–H groups in total. The number of benzene rings is 2. The number of piperidine rings is 1. The average Bonchev–Trinajstić information content (AvgIpc) is 3.54. The van der Waals surface area contributed by atoms with Crippen LogP contribution >= 0.6 is 0 Å². The number of aliphatic hydroxyl groups excluding tert-OH is 2. The minimum atomic E-state index is -0.748. The lowest BCUT2D eigenvalue weighted by Gasteiger charge is -2.44. The highest BCUT2D eigenvalue weighted by molar-refractivity contribution is 5.95. The number of hydrogen-bond acceptors (Lipinski definition) is 6. The van der Waals surface area contributed by atoms with E-state index in [9.17, 15) is 15.0 Å². The molecule has 9 nitrogen and oxygen atoms in total. The minimum Gasteiger partial charge on any atom is -0.497 e. The van der Waals surface area contributed by atoms with Crippen LogP contribution in [-0.2, 0) is 6.54 Å². The molecule has 0 radical (unpaired) electrons. The molecular formula is C27H33N5O4. The molecule has 2 fully saturated rings. The van der Waals surface area contributed by atoms with Crippen molar-refractivity contribution < 1.29 is 19.7 Å². The van der Waals surface area contributed by atoms with E-state index in [4.69, 9.17) is 4.74 Å². The van der Waals surface area contributed by atoms with Gasteiger partial charge in [-0.05, 0) is 48.2 Å². The Kier molecular flexibility index (Phi) is 6.95. The first-order chi connectivity index (χ1) is 17.5. The van der Waals surface area contributed by atoms with Gasteiger partial charge >= 0.3 is 6.03 Å². The number of aliphatic hydroxyl groups is 2. The fraction of sp³-hybridized carbons (Fsp3) is 0.407. The van der Waals surface area contributed by atoms with Crippen molar-refractivity contribution in [3.05, 3.63) is 66.5 Å². The van der Waals surface area contributed by atoms with Gasteiger partial charge in [-0.2, -0.15) is 5.10 Å². The lowest BCUT2D eigenvalue weighted by molar-refractivity contribution is 0.0248. The molecule has 2 saturated heterocycles. The Balaban J connectivity index is 1.40. The summed E-state index contributed by atoms with van der Waals surface area (Å²) < 4.78 is 5.41. The maximum absolute atomic E-state index is 13.9. The normalized spacial score (nSPS) is 18.7. The van der Waals surface area contributed by atoms with Crippen LogP contribution in [0.5, 0.6) is 5.75 Å². The van der Waals surface area contributed by atoms with Gasteiger partial charge in [-0.15, -0.1) is 0 Å². The molecule has 2 aromatic carbocycles. The number of carbonyl (C=O) groups is 1. The van der Waals surface area contributed by atoms with Crippen molar-refractivity contribution in [2.75, 3.05) is 44.8 Å². The van der Waals surface area contributed by atoms with Crippen LogP contribution in [-0.4, -0.2) is 87.8 Å². The fourth-order valence-electron chi connectivity index (χ4n) is 5.36. The average molecular weight is 492 g/mol. The van der Waals surface area contributed by atoms with Crippen LogP contribution < -0.4 is 9.64 Å². The van der Waals surface area contributed by atoms with E-state index in [1.54, 1.807) is 13.3 Å². The number of nitrogens with one attached hydrogen (secondary N) is 1. The van der Waals surface area contributed by atoms with E-state index >= 15 is 0 Å². The lowest BCUT2D eigenvalue weighted by Crippen LogP contribution is -2.55. The molecule has 3 aromatic rings. The first-order valence-electron chi connectivity index (χ1n) is 12.3. The van der Waals surface area contributed by atoms with Gasteiger partial charge < -0.3 is 24.7 Å². The van der Waals surface area contributed by atoms with Crippen LogP contribution in [0.3, 0.4) is 0 Å². The van der Waals surface area contributed by atoms with E-state index in [2.05, 4.69) is 15.1 Å². The second-order valence-electron chi connectivity index (χ2n) is 9.70. The zero-order chi connectivity index (χ0) is 25.1. The predicted octanol–water partition coefficient (Wildman–Crippen LogP) is 2.72. The summed E-state index contributed by atoms with van der Waals surface area (Å²) in [5.41, 5.74) is 3.63. The fourth-order valence-corrected chi connectivity index (χ4v) is 5.36. The number of aromatic amines is 1. The van der Waals surface area contributed by atoms with Gasteiger partial charge in [0.05, 0.1) is 38.1 Å². The van der Waals surface area contributed by atoms with Crippen molar-refractivity contribution in [3.8, 4) is 16.9 Å². The van der Waals surface area contributed by atoms with Gasteiger partial charge in [0.25, 0.3) is 0 Å². The summed E-state index contributed by atoms with van der Waals surface area (Å²) in [7, 11) is 1.65. The maximum atomic E-state index is 13.9. The highest BCUT2D eigenvalue weighted by Crippen LogP contribution is 2.40. The summed E-state index contributed by atoms with van der Waals surface area (Å²) in [5, 5.41) is 26.0. The van der Waals surface area contributed by atoms with Crippen LogP contribution in [0.25, 0.3) is 11.1 Å². The standard InChI is InChI=1S/C27H33N5O4/c1-36-25-4-2-3-20(13-25)16-32-26(35)31(23-7-5-21(6-8-23)22-14-28-29-15-22)19-27(32)9-11-30(12-10-27)17-24(34)18-33/h2-8,13-15,24,33-34H,9-12,16-19H2,1H3,(H,28,29). The number of H-pyrrole nitrogens is 1. The zero-order valence-electron chi connectivity index (χ0n) is 20.5. The lowest BCUT2D eigenvalue weighted by atomic mass is 9.86. The molecule has 36 heavy (non-hydrogen) atoms. The van der Waals surface area contributed by atoms with Gasteiger partial charge in [0.15, 0.2) is 0 Å². The number of likely N-dealkylation sites (tertiary alicyclic amines) is 1. The number of ether oxygens (including phenoxy) is 1. The SMILES string of the molecule is COc1cccc(CN2C(=O)N(c3ccc(-c4cn[nH]c4)cc3)CC23CCN(CC(O)CO)CC3)c1. The number of hydrogen-bond donors (Lipinski definition) is 3. The number of rotatable bonds is 8. The number of urea groups is 1. The number of amides is 2. The molecule has 2 amide bonds. The van der Waals surface area contributed by atoms with E-state index in [1.165, 1.54) is 0 Å². The van der Waals surface area contributed by atoms with Crippen molar-refractivity contribution in [1.82, 2.24) is 20.0 Å². The number of β-amino-alcohol motifs (C(OH)–C–C–N with tert-alkyl or cyclic N) is 1. The summed E-state index contributed by atoms with van der Waals surface area (Å²) in [6.45, 7) is 2.81. The molecule has 0 bridgehead atoms. The third kappa shape index (κ3) is 4.82. The summed E-state index contributed by atoms with van der Waals surface area (Å²) in [5.74, 6) is 0.771. The second-order valence-corrected chi connectivity index (χ2v) is 9.70. The molecular weight excluding hydrogens is 458 g/mol. The molecule has 1 atom stereocenters. The quantitative estimate of drug-likeness (QED) is 0.448. The van der Waals surface area contributed by atoms with E-state index in [1.807, 2.05) is 64.5 Å². The predicted molar refractivity (Wildman–Crippen MR) is 137 cm³/mol. The van der Waals surface area contributed by atoms with Crippen LogP contribution in [0.4, 0.5) is 10.5 Å². The Morgan fingerprint density at radius 2 is 1.92 bits per heavy atom. The monoisotopic (exact) mass is 491 g/mol. The molecule has 190 valence electrons. The van der Waals surface area contributed by atoms with Crippen LogP contribution in [0.15, 0.2) is 60.9 Å². The summed E-state index contributed by atoms with van der Waals surface area (Å²) in [4.78, 5) is 20.0. The molecule has 1 aromatic heterocycles. The Morgan fingerprint density at radius 3 is 2.58 bits per heavy atom. The van der Waals surface area contributed by atoms with Crippen molar-refractivity contribution in [2.24, 2.45) is 0 Å². The highest BCUT2D eigenvalue weighted by atomic mass is 16.5. The minimum absolute atomic E-state index is 0.00211. The largest absolute Gasteiger partial charge is 0.497 e. The first kappa shape index (κ1) is 24.3. The van der Waals surface area contributed by atoms with Crippen molar-refractivity contribution in [1.29, 1.82) is 0 Å². The van der Waals surface area contributed by atoms with E-state index in [0.29, 0.717) is 19.6 Å². The van der Waals surface area contributed by atoms with Gasteiger partial charge in [-0.1, -0.05) is 24.3 Å². The van der Waals surface area contributed by atoms with Crippen LogP contribution in [0.1, 0.15) is 18.4 Å². The van der Waals surface area contributed by atoms with Crippen molar-refractivity contribution in [2.45, 2.75) is 31.0 Å². The highest BCUT2D eigenvalue weighted by Gasteiger charge is 2.51. The first-order valence-corrected chi connectivity index (χ1v) is 12.3. The van der Waals surface area contributed by atoms with Gasteiger partial charge in [0, 0.05) is 43.6 Å². The van der Waals surface area contributed by atoms with Crippen molar-refractivity contribution in [3.63, 3.8) is 0 Å². The third-order valence-electron chi connectivity index (χ3n) is 7.44. The van der Waals surface area contributed by atoms with E-state index < -0.39 is 6.10 Å². The molecule has 3 heterocycles. The number of methoxy groups -OCH3 is 1. The molecule has 1 unspecified atom stereocenters. The Hall–Kier alpha value is -3.40. The van der Waals surface area contributed by atoms with Gasteiger partial charge in [-0.3, -0.25) is 10.00 Å². The van der Waals surface area contributed by atoms with Crippen LogP contribution in [0, 0.1) is 0 Å². The zero-order valence-corrected chi connectivity index (χ0v) is 20.5. The van der Waals surface area contributed by atoms with E-state index in [0.717, 1.165) is 54.1 Å². The molecule has 2 aliphatic rings. The number of anilines is 1. The molecule has 1 spiro atoms. The number of aromatic nitrogens is 2. The molecule has 2 aliphatic heterocycles. The third-order valence-corrected chi connectivity index (χ3v) is 7.44. The summed E-state index contributed by atoms with van der Waals surface area (Å²) >= 11 is 0. The smallest absolute Gasteiger partial charge is 0.325 e. The van der Waals surface area contributed by atoms with E-state index in [-0.39, 0.29) is 18.2 Å². The maximum Gasteiger partial charge on any atom is 0.325 e. The van der Waals surface area contributed by atoms with Gasteiger partial charge in [0.1, 0.15) is 5.75 Å². The molecule has 0 aliphatic carbocycles. The topological polar surface area (TPSA) is 105 Å². The molecule has 5 rings (SSSR count).